The molecule has 0 spiro atoms. The first-order valence-electron chi connectivity index (χ1n) is 8.52. The van der Waals surface area contributed by atoms with E-state index < -0.39 is 0 Å². The summed E-state index contributed by atoms with van der Waals surface area (Å²) in [6.45, 7) is 2.36. The van der Waals surface area contributed by atoms with Crippen LogP contribution in [0.25, 0.3) is 11.5 Å². The van der Waals surface area contributed by atoms with Gasteiger partial charge in [-0.05, 0) is 38.9 Å². The van der Waals surface area contributed by atoms with Crippen LogP contribution in [0.5, 0.6) is 0 Å². The average Bonchev–Trinajstić information content (AvgIpc) is 3.04. The molecule has 0 aliphatic heterocycles. The largest absolute Gasteiger partial charge is 0.403 e. The van der Waals surface area contributed by atoms with E-state index in [1.807, 2.05) is 38.2 Å². The van der Waals surface area contributed by atoms with Crippen LogP contribution in [0, 0.1) is 6.92 Å². The van der Waals surface area contributed by atoms with Gasteiger partial charge in [-0.1, -0.05) is 42.1 Å². The molecule has 6 heteroatoms. The third-order valence-corrected chi connectivity index (χ3v) is 4.56. The summed E-state index contributed by atoms with van der Waals surface area (Å²) in [5.74, 6) is 0.285. The van der Waals surface area contributed by atoms with Crippen molar-refractivity contribution in [1.82, 2.24) is 15.1 Å². The molecule has 1 aliphatic rings. The van der Waals surface area contributed by atoms with Gasteiger partial charge >= 0.3 is 6.01 Å². The van der Waals surface area contributed by atoms with E-state index in [1.165, 1.54) is 32.1 Å². The molecular weight excluding hydrogens is 304 g/mol. The van der Waals surface area contributed by atoms with Crippen molar-refractivity contribution in [2.75, 3.05) is 18.9 Å². The van der Waals surface area contributed by atoms with Crippen LogP contribution in [0.1, 0.15) is 37.7 Å². The van der Waals surface area contributed by atoms with E-state index in [1.54, 1.807) is 0 Å². The van der Waals surface area contributed by atoms with Gasteiger partial charge in [-0.25, -0.2) is 0 Å². The Morgan fingerprint density at radius 3 is 2.62 bits per heavy atom. The molecule has 2 aromatic rings. The summed E-state index contributed by atoms with van der Waals surface area (Å²) < 4.78 is 5.53. The summed E-state index contributed by atoms with van der Waals surface area (Å²) in [7, 11) is 2.00. The lowest BCUT2D eigenvalue weighted by molar-refractivity contribution is -0.117. The normalized spacial score (nSPS) is 15.6. The van der Waals surface area contributed by atoms with Gasteiger partial charge in [-0.15, -0.1) is 5.10 Å². The number of nitrogens with zero attached hydrogens (tertiary/aromatic N) is 3. The van der Waals surface area contributed by atoms with E-state index in [9.17, 15) is 4.79 Å². The van der Waals surface area contributed by atoms with Gasteiger partial charge in [-0.3, -0.25) is 15.0 Å². The van der Waals surface area contributed by atoms with Crippen molar-refractivity contribution in [3.05, 3.63) is 29.8 Å². The lowest BCUT2D eigenvalue weighted by Gasteiger charge is -2.30. The van der Waals surface area contributed by atoms with Crippen LogP contribution < -0.4 is 5.32 Å². The van der Waals surface area contributed by atoms with E-state index in [-0.39, 0.29) is 11.9 Å². The van der Waals surface area contributed by atoms with Crippen molar-refractivity contribution in [3.63, 3.8) is 0 Å². The Balaban J connectivity index is 1.56. The van der Waals surface area contributed by atoms with Crippen molar-refractivity contribution in [2.24, 2.45) is 0 Å². The van der Waals surface area contributed by atoms with Gasteiger partial charge < -0.3 is 4.42 Å². The molecule has 0 unspecified atom stereocenters. The zero-order valence-electron chi connectivity index (χ0n) is 14.3. The fourth-order valence-electron chi connectivity index (χ4n) is 3.12. The van der Waals surface area contributed by atoms with Crippen LogP contribution in [0.2, 0.25) is 0 Å². The standard InChI is InChI=1S/C18H24N4O2/c1-13-8-10-14(11-9-13)17-20-21-18(24-17)19-16(23)12-22(2)15-6-4-3-5-7-15/h8-11,15H,3-7,12H2,1-2H3,(H,19,21,23). The third kappa shape index (κ3) is 4.20. The number of anilines is 1. The molecule has 1 fully saturated rings. The molecule has 24 heavy (non-hydrogen) atoms. The van der Waals surface area contributed by atoms with Crippen molar-refractivity contribution >= 4 is 11.9 Å². The minimum Gasteiger partial charge on any atom is -0.403 e. The first-order chi connectivity index (χ1) is 11.6. The van der Waals surface area contributed by atoms with E-state index >= 15 is 0 Å². The fourth-order valence-corrected chi connectivity index (χ4v) is 3.12. The monoisotopic (exact) mass is 328 g/mol. The van der Waals surface area contributed by atoms with E-state index in [4.69, 9.17) is 4.42 Å². The number of hydrogen-bond donors (Lipinski definition) is 1. The predicted molar refractivity (Wildman–Crippen MR) is 92.6 cm³/mol. The van der Waals surface area contributed by atoms with Gasteiger partial charge in [0.15, 0.2) is 0 Å². The van der Waals surface area contributed by atoms with Gasteiger partial charge in [0.25, 0.3) is 0 Å². The Hall–Kier alpha value is -2.21. The molecule has 1 amide bonds. The molecule has 1 heterocycles. The summed E-state index contributed by atoms with van der Waals surface area (Å²) in [6.07, 6.45) is 6.14. The lowest BCUT2D eigenvalue weighted by atomic mass is 9.94. The van der Waals surface area contributed by atoms with Gasteiger partial charge in [0.05, 0.1) is 6.54 Å². The fraction of sp³-hybridized carbons (Fsp3) is 0.500. The van der Waals surface area contributed by atoms with Crippen LogP contribution in [0.15, 0.2) is 28.7 Å². The van der Waals surface area contributed by atoms with Gasteiger partial charge in [0, 0.05) is 11.6 Å². The lowest BCUT2D eigenvalue weighted by Crippen LogP contribution is -2.39. The summed E-state index contributed by atoms with van der Waals surface area (Å²) in [4.78, 5) is 14.3. The number of likely N-dealkylation sites (N-methyl/N-ethyl adjacent to an activating group) is 1. The number of aryl methyl sites for hydroxylation is 1. The van der Waals surface area contributed by atoms with Crippen molar-refractivity contribution in [1.29, 1.82) is 0 Å². The van der Waals surface area contributed by atoms with Crippen molar-refractivity contribution in [2.45, 2.75) is 45.1 Å². The maximum Gasteiger partial charge on any atom is 0.322 e. The SMILES string of the molecule is Cc1ccc(-c2nnc(NC(=O)CN(C)C3CCCCC3)o2)cc1. The summed E-state index contributed by atoms with van der Waals surface area (Å²) in [6, 6.07) is 8.45. The molecule has 1 N–H and O–H groups in total. The van der Waals surface area contributed by atoms with E-state index in [0.29, 0.717) is 18.5 Å². The second kappa shape index (κ2) is 7.57. The third-order valence-electron chi connectivity index (χ3n) is 4.56. The average molecular weight is 328 g/mol. The minimum absolute atomic E-state index is 0.123. The maximum atomic E-state index is 12.2. The number of nitrogens with one attached hydrogen (secondary N) is 1. The molecule has 0 radical (unpaired) electrons. The smallest absolute Gasteiger partial charge is 0.322 e. The Morgan fingerprint density at radius 1 is 1.21 bits per heavy atom. The van der Waals surface area contributed by atoms with Gasteiger partial charge in [-0.2, -0.15) is 0 Å². The Bertz CT molecular complexity index is 675. The van der Waals surface area contributed by atoms with Crippen LogP contribution in [0.3, 0.4) is 0 Å². The van der Waals surface area contributed by atoms with Crippen molar-refractivity contribution < 1.29 is 9.21 Å². The highest BCUT2D eigenvalue weighted by atomic mass is 16.4. The van der Waals surface area contributed by atoms with Gasteiger partial charge in [0.1, 0.15) is 0 Å². The van der Waals surface area contributed by atoms with Crippen LogP contribution in [-0.2, 0) is 4.79 Å². The highest BCUT2D eigenvalue weighted by molar-refractivity contribution is 5.90. The quantitative estimate of drug-likeness (QED) is 0.912. The van der Waals surface area contributed by atoms with E-state index in [2.05, 4.69) is 20.4 Å². The number of carbonyl (C=O) groups is 1. The molecular formula is C18H24N4O2. The number of hydrogen-bond acceptors (Lipinski definition) is 5. The maximum absolute atomic E-state index is 12.2. The molecule has 0 bridgehead atoms. The summed E-state index contributed by atoms with van der Waals surface area (Å²) in [5, 5.41) is 10.6. The molecule has 1 aromatic carbocycles. The number of benzene rings is 1. The molecule has 0 saturated heterocycles. The number of rotatable bonds is 5. The highest BCUT2D eigenvalue weighted by Gasteiger charge is 2.20. The Morgan fingerprint density at radius 2 is 1.92 bits per heavy atom. The molecule has 128 valence electrons. The van der Waals surface area contributed by atoms with E-state index in [0.717, 1.165) is 11.1 Å². The number of amides is 1. The zero-order chi connectivity index (χ0) is 16.9. The second-order valence-electron chi connectivity index (χ2n) is 6.53. The summed E-state index contributed by atoms with van der Waals surface area (Å²) in [5.41, 5.74) is 2.01. The molecule has 0 atom stereocenters. The Kier molecular flexibility index (Phi) is 5.25. The van der Waals surface area contributed by atoms with Gasteiger partial charge in [0.2, 0.25) is 11.8 Å². The molecule has 3 rings (SSSR count). The van der Waals surface area contributed by atoms with Crippen LogP contribution in [-0.4, -0.2) is 40.6 Å². The highest BCUT2D eigenvalue weighted by Crippen LogP contribution is 2.22. The molecule has 1 aliphatic carbocycles. The molecule has 1 saturated carbocycles. The molecule has 1 aromatic heterocycles. The van der Waals surface area contributed by atoms with Crippen LogP contribution in [0.4, 0.5) is 6.01 Å². The first kappa shape index (κ1) is 16.6. The number of aromatic nitrogens is 2. The van der Waals surface area contributed by atoms with Crippen LogP contribution >= 0.6 is 0 Å². The Labute approximate surface area is 142 Å². The minimum atomic E-state index is -0.123. The van der Waals surface area contributed by atoms with Crippen molar-refractivity contribution in [3.8, 4) is 11.5 Å². The second-order valence-corrected chi connectivity index (χ2v) is 6.53. The summed E-state index contributed by atoms with van der Waals surface area (Å²) >= 11 is 0. The predicted octanol–water partition coefficient (Wildman–Crippen LogP) is 3.25. The number of carbonyl (C=O) groups excluding carboxylic acids is 1. The molecule has 6 nitrogen and oxygen atoms in total. The first-order valence-corrected chi connectivity index (χ1v) is 8.52. The topological polar surface area (TPSA) is 71.3 Å². The zero-order valence-corrected chi connectivity index (χ0v) is 14.3.